The summed E-state index contributed by atoms with van der Waals surface area (Å²) in [5.74, 6) is 0.203. The molecule has 31 heavy (non-hydrogen) atoms. The van der Waals surface area contributed by atoms with Gasteiger partial charge < -0.3 is 19.1 Å². The van der Waals surface area contributed by atoms with Gasteiger partial charge in [-0.25, -0.2) is 4.98 Å². The van der Waals surface area contributed by atoms with Gasteiger partial charge in [0.25, 0.3) is 5.91 Å². The number of hydrogen-bond donors (Lipinski definition) is 1. The number of anilines is 1. The van der Waals surface area contributed by atoms with E-state index in [0.29, 0.717) is 47.6 Å². The number of piperidine rings is 1. The zero-order valence-corrected chi connectivity index (χ0v) is 17.9. The molecule has 2 aliphatic rings. The van der Waals surface area contributed by atoms with Crippen molar-refractivity contribution < 1.29 is 28.6 Å². The molecule has 2 aromatic rings. The van der Waals surface area contributed by atoms with Crippen molar-refractivity contribution in [3.63, 3.8) is 0 Å². The van der Waals surface area contributed by atoms with Gasteiger partial charge in [0.05, 0.1) is 24.6 Å². The van der Waals surface area contributed by atoms with Crippen LogP contribution >= 0.6 is 11.3 Å². The van der Waals surface area contributed by atoms with Crippen LogP contribution in [-0.2, 0) is 20.7 Å². The standard InChI is InChI=1S/C21H23N3O6S/c1-2-28-20(27)14-4-3-7-24(10-14)18(25)9-15-11-31-21(22-15)23-19(26)13-5-6-16-17(8-13)30-12-29-16/h5-6,8,11,14H,2-4,7,9-10,12H2,1H3,(H,22,23,26). The lowest BCUT2D eigenvalue weighted by atomic mass is 9.98. The number of carbonyl (C=O) groups excluding carboxylic acids is 3. The number of likely N-dealkylation sites (tertiary alicyclic amines) is 1. The quantitative estimate of drug-likeness (QED) is 0.681. The number of nitrogens with zero attached hydrogens (tertiary/aromatic N) is 2. The number of nitrogens with one attached hydrogen (secondary N) is 1. The maximum atomic E-state index is 12.7. The molecule has 0 spiro atoms. The van der Waals surface area contributed by atoms with E-state index in [2.05, 4.69) is 10.3 Å². The number of carbonyl (C=O) groups is 3. The first-order chi connectivity index (χ1) is 15.0. The third-order valence-corrected chi connectivity index (χ3v) is 5.94. The van der Waals surface area contributed by atoms with Crippen LogP contribution in [0.15, 0.2) is 23.6 Å². The molecule has 2 aliphatic heterocycles. The monoisotopic (exact) mass is 445 g/mol. The van der Waals surface area contributed by atoms with Gasteiger partial charge in [0.1, 0.15) is 0 Å². The second-order valence-electron chi connectivity index (χ2n) is 7.27. The molecule has 1 fully saturated rings. The van der Waals surface area contributed by atoms with Gasteiger partial charge in [-0.3, -0.25) is 19.7 Å². The topological polar surface area (TPSA) is 107 Å². The van der Waals surface area contributed by atoms with Crippen molar-refractivity contribution in [1.29, 1.82) is 0 Å². The highest BCUT2D eigenvalue weighted by molar-refractivity contribution is 7.14. The van der Waals surface area contributed by atoms with Gasteiger partial charge in [-0.1, -0.05) is 0 Å². The van der Waals surface area contributed by atoms with Gasteiger partial charge in [0.2, 0.25) is 12.7 Å². The summed E-state index contributed by atoms with van der Waals surface area (Å²) in [4.78, 5) is 43.2. The lowest BCUT2D eigenvalue weighted by molar-refractivity contribution is -0.151. The number of benzene rings is 1. The highest BCUT2D eigenvalue weighted by atomic mass is 32.1. The van der Waals surface area contributed by atoms with Gasteiger partial charge >= 0.3 is 5.97 Å². The molecule has 1 aromatic heterocycles. The van der Waals surface area contributed by atoms with Crippen LogP contribution < -0.4 is 14.8 Å². The Labute approximate surface area is 183 Å². The molecule has 2 amide bonds. The fraction of sp³-hybridized carbons (Fsp3) is 0.429. The van der Waals surface area contributed by atoms with Crippen LogP contribution in [0.5, 0.6) is 11.5 Å². The molecule has 9 nitrogen and oxygen atoms in total. The van der Waals surface area contributed by atoms with E-state index in [4.69, 9.17) is 14.2 Å². The Morgan fingerprint density at radius 1 is 1.29 bits per heavy atom. The Bertz CT molecular complexity index is 991. The number of thiazole rings is 1. The lowest BCUT2D eigenvalue weighted by Crippen LogP contribution is -2.43. The Morgan fingerprint density at radius 3 is 2.97 bits per heavy atom. The molecule has 4 rings (SSSR count). The average Bonchev–Trinajstić information content (AvgIpc) is 3.42. The Kier molecular flexibility index (Phi) is 6.36. The minimum absolute atomic E-state index is 0.0899. The molecule has 1 saturated heterocycles. The number of ether oxygens (including phenoxy) is 3. The van der Waals surface area contributed by atoms with Gasteiger partial charge in [-0.05, 0) is 38.0 Å². The van der Waals surface area contributed by atoms with Crippen molar-refractivity contribution in [1.82, 2.24) is 9.88 Å². The van der Waals surface area contributed by atoms with Crippen molar-refractivity contribution in [2.45, 2.75) is 26.2 Å². The maximum absolute atomic E-state index is 12.7. The first kappa shape index (κ1) is 21.1. The van der Waals surface area contributed by atoms with E-state index in [9.17, 15) is 14.4 Å². The minimum Gasteiger partial charge on any atom is -0.466 e. The average molecular weight is 445 g/mol. The molecule has 10 heteroatoms. The summed E-state index contributed by atoms with van der Waals surface area (Å²) in [6.45, 7) is 3.24. The molecule has 3 heterocycles. The molecular weight excluding hydrogens is 422 g/mol. The fourth-order valence-electron chi connectivity index (χ4n) is 3.58. The van der Waals surface area contributed by atoms with Crippen LogP contribution in [-0.4, -0.2) is 54.2 Å². The predicted octanol–water partition coefficient (Wildman–Crippen LogP) is 2.47. The van der Waals surface area contributed by atoms with Crippen LogP contribution in [0.3, 0.4) is 0 Å². The smallest absolute Gasteiger partial charge is 0.310 e. The van der Waals surface area contributed by atoms with E-state index in [1.54, 1.807) is 35.4 Å². The van der Waals surface area contributed by atoms with Crippen LogP contribution in [0, 0.1) is 5.92 Å². The van der Waals surface area contributed by atoms with Crippen LogP contribution in [0.4, 0.5) is 5.13 Å². The Hall–Kier alpha value is -3.14. The van der Waals surface area contributed by atoms with E-state index in [1.165, 1.54) is 11.3 Å². The van der Waals surface area contributed by atoms with Crippen LogP contribution in [0.2, 0.25) is 0 Å². The second kappa shape index (κ2) is 9.34. The summed E-state index contributed by atoms with van der Waals surface area (Å²) in [5.41, 5.74) is 1.00. The van der Waals surface area contributed by atoms with Crippen LogP contribution in [0.1, 0.15) is 35.8 Å². The molecule has 1 aromatic carbocycles. The molecule has 0 saturated carbocycles. The number of aromatic nitrogens is 1. The van der Waals surface area contributed by atoms with Gasteiger partial charge in [-0.2, -0.15) is 0 Å². The van der Waals surface area contributed by atoms with Crippen molar-refractivity contribution in [3.8, 4) is 11.5 Å². The molecule has 1 atom stereocenters. The van der Waals surface area contributed by atoms with Gasteiger partial charge in [0, 0.05) is 24.0 Å². The third kappa shape index (κ3) is 4.96. The van der Waals surface area contributed by atoms with E-state index in [1.807, 2.05) is 0 Å². The van der Waals surface area contributed by atoms with E-state index in [0.717, 1.165) is 12.8 Å². The van der Waals surface area contributed by atoms with Crippen molar-refractivity contribution in [2.24, 2.45) is 5.92 Å². The summed E-state index contributed by atoms with van der Waals surface area (Å²) in [7, 11) is 0. The van der Waals surface area contributed by atoms with Crippen molar-refractivity contribution >= 4 is 34.3 Å². The van der Waals surface area contributed by atoms with E-state index < -0.39 is 0 Å². The summed E-state index contributed by atoms with van der Waals surface area (Å²) in [5, 5.41) is 4.91. The second-order valence-corrected chi connectivity index (χ2v) is 8.13. The zero-order valence-electron chi connectivity index (χ0n) is 17.1. The molecular formula is C21H23N3O6S. The highest BCUT2D eigenvalue weighted by Gasteiger charge is 2.29. The molecule has 0 radical (unpaired) electrons. The normalized spacial score (nSPS) is 17.3. The number of esters is 1. The van der Waals surface area contributed by atoms with E-state index >= 15 is 0 Å². The third-order valence-electron chi connectivity index (χ3n) is 5.13. The first-order valence-electron chi connectivity index (χ1n) is 10.1. The van der Waals surface area contributed by atoms with E-state index in [-0.39, 0.29) is 36.9 Å². The fourth-order valence-corrected chi connectivity index (χ4v) is 4.28. The molecule has 0 bridgehead atoms. The van der Waals surface area contributed by atoms with Crippen LogP contribution in [0.25, 0.3) is 0 Å². The first-order valence-corrected chi connectivity index (χ1v) is 11.0. The summed E-state index contributed by atoms with van der Waals surface area (Å²) in [6, 6.07) is 4.95. The molecule has 1 N–H and O–H groups in total. The predicted molar refractivity (Wildman–Crippen MR) is 112 cm³/mol. The minimum atomic E-state index is -0.321. The summed E-state index contributed by atoms with van der Waals surface area (Å²) < 4.78 is 15.6. The highest BCUT2D eigenvalue weighted by Crippen LogP contribution is 2.32. The van der Waals surface area contributed by atoms with Crippen molar-refractivity contribution in [3.05, 3.63) is 34.8 Å². The molecule has 164 valence electrons. The zero-order chi connectivity index (χ0) is 21.8. The maximum Gasteiger partial charge on any atom is 0.310 e. The number of fused-ring (bicyclic) bond motifs is 1. The summed E-state index contributed by atoms with van der Waals surface area (Å²) in [6.07, 6.45) is 1.62. The summed E-state index contributed by atoms with van der Waals surface area (Å²) >= 11 is 1.25. The number of amides is 2. The van der Waals surface area contributed by atoms with Gasteiger partial charge in [0.15, 0.2) is 16.6 Å². The molecule has 0 aliphatic carbocycles. The Morgan fingerprint density at radius 2 is 2.13 bits per heavy atom. The SMILES string of the molecule is CCOC(=O)C1CCCN(C(=O)Cc2csc(NC(=O)c3ccc4c(c3)OCO4)n2)C1. The number of rotatable bonds is 6. The Balaban J connectivity index is 1.33. The lowest BCUT2D eigenvalue weighted by Gasteiger charge is -2.31. The largest absolute Gasteiger partial charge is 0.466 e. The van der Waals surface area contributed by atoms with Crippen molar-refractivity contribution in [2.75, 3.05) is 31.8 Å². The molecule has 1 unspecified atom stereocenters. The van der Waals surface area contributed by atoms with Gasteiger partial charge in [-0.15, -0.1) is 11.3 Å². The number of hydrogen-bond acceptors (Lipinski definition) is 8.